The number of nitrogens with one attached hydrogen (secondary N) is 1. The van der Waals surface area contributed by atoms with Gasteiger partial charge in [0, 0.05) is 16.6 Å². The van der Waals surface area contributed by atoms with Gasteiger partial charge in [-0.05, 0) is 26.0 Å². The molecule has 0 radical (unpaired) electrons. The van der Waals surface area contributed by atoms with Crippen LogP contribution in [0.15, 0.2) is 18.2 Å². The van der Waals surface area contributed by atoms with Crippen molar-refractivity contribution in [3.05, 3.63) is 34.6 Å². The Morgan fingerprint density at radius 1 is 1.50 bits per heavy atom. The van der Waals surface area contributed by atoms with Crippen LogP contribution in [0.5, 0.6) is 0 Å². The smallest absolute Gasteiger partial charge is 0.239 e. The van der Waals surface area contributed by atoms with Gasteiger partial charge < -0.3 is 5.73 Å². The Labute approximate surface area is 98.8 Å². The minimum atomic E-state index is -0.909. The van der Waals surface area contributed by atoms with E-state index < -0.39 is 17.8 Å². The number of halogens is 2. The summed E-state index contributed by atoms with van der Waals surface area (Å²) in [6, 6.07) is 3.34. The summed E-state index contributed by atoms with van der Waals surface area (Å²) in [6.45, 7) is 3.68. The first-order valence-electron chi connectivity index (χ1n) is 4.92. The Morgan fingerprint density at radius 3 is 2.56 bits per heavy atom. The molecule has 1 aromatic rings. The first-order chi connectivity index (χ1) is 7.43. The topological polar surface area (TPSA) is 55.1 Å². The van der Waals surface area contributed by atoms with Gasteiger partial charge in [-0.15, -0.1) is 0 Å². The maximum absolute atomic E-state index is 13.6. The highest BCUT2D eigenvalue weighted by atomic mass is 35.5. The van der Waals surface area contributed by atoms with E-state index in [1.165, 1.54) is 18.2 Å². The van der Waals surface area contributed by atoms with Crippen molar-refractivity contribution in [1.82, 2.24) is 5.32 Å². The van der Waals surface area contributed by atoms with Crippen LogP contribution in [-0.4, -0.2) is 11.9 Å². The van der Waals surface area contributed by atoms with Crippen LogP contribution in [0.25, 0.3) is 0 Å². The number of hydrogen-bond donors (Lipinski definition) is 2. The first kappa shape index (κ1) is 12.9. The zero-order valence-electron chi connectivity index (χ0n) is 9.13. The lowest BCUT2D eigenvalue weighted by atomic mass is 10.0. The van der Waals surface area contributed by atoms with E-state index in [-0.39, 0.29) is 16.6 Å². The molecule has 0 bridgehead atoms. The van der Waals surface area contributed by atoms with Crippen LogP contribution < -0.4 is 11.1 Å². The summed E-state index contributed by atoms with van der Waals surface area (Å²) in [7, 11) is 0. The molecule has 0 fully saturated rings. The molecule has 5 heteroatoms. The molecule has 0 spiro atoms. The van der Waals surface area contributed by atoms with Crippen LogP contribution in [0.3, 0.4) is 0 Å². The lowest BCUT2D eigenvalue weighted by Crippen LogP contribution is -2.38. The maximum atomic E-state index is 13.6. The highest BCUT2D eigenvalue weighted by Gasteiger charge is 2.24. The molecule has 0 aliphatic heterocycles. The predicted octanol–water partition coefficient (Wildman–Crippen LogP) is 2.00. The third-order valence-electron chi connectivity index (χ3n) is 2.07. The molecule has 3 nitrogen and oxygen atoms in total. The predicted molar refractivity (Wildman–Crippen MR) is 61.6 cm³/mol. The standard InChI is InChI=1S/C11H14ClFN2O/c1-6(2)15-10(11(14)16)9-7(12)4-3-5-8(9)13/h3-6,10,15H,1-2H3,(H2,14,16). The van der Waals surface area contributed by atoms with Crippen molar-refractivity contribution in [1.29, 1.82) is 0 Å². The summed E-state index contributed by atoms with van der Waals surface area (Å²) in [5.74, 6) is -1.19. The molecule has 0 saturated heterocycles. The van der Waals surface area contributed by atoms with E-state index >= 15 is 0 Å². The molecule has 0 heterocycles. The van der Waals surface area contributed by atoms with Crippen LogP contribution in [0, 0.1) is 5.82 Å². The fourth-order valence-electron chi connectivity index (χ4n) is 1.43. The van der Waals surface area contributed by atoms with E-state index in [1.807, 2.05) is 13.8 Å². The fourth-order valence-corrected chi connectivity index (χ4v) is 1.70. The van der Waals surface area contributed by atoms with Gasteiger partial charge in [0.2, 0.25) is 5.91 Å². The van der Waals surface area contributed by atoms with E-state index in [9.17, 15) is 9.18 Å². The highest BCUT2D eigenvalue weighted by molar-refractivity contribution is 6.31. The van der Waals surface area contributed by atoms with Crippen LogP contribution in [0.2, 0.25) is 5.02 Å². The average molecular weight is 245 g/mol. The molecule has 1 atom stereocenters. The molecular weight excluding hydrogens is 231 g/mol. The number of hydrogen-bond acceptors (Lipinski definition) is 2. The van der Waals surface area contributed by atoms with Crippen LogP contribution in [0.1, 0.15) is 25.5 Å². The van der Waals surface area contributed by atoms with E-state index in [0.717, 1.165) is 0 Å². The third-order valence-corrected chi connectivity index (χ3v) is 2.40. The number of primary amides is 1. The molecule has 0 aliphatic carbocycles. The highest BCUT2D eigenvalue weighted by Crippen LogP contribution is 2.26. The number of benzene rings is 1. The van der Waals surface area contributed by atoms with E-state index in [1.54, 1.807) is 0 Å². The summed E-state index contributed by atoms with van der Waals surface area (Å²) in [4.78, 5) is 11.3. The van der Waals surface area contributed by atoms with Gasteiger partial charge in [-0.25, -0.2) is 4.39 Å². The Morgan fingerprint density at radius 2 is 2.12 bits per heavy atom. The van der Waals surface area contributed by atoms with Crippen LogP contribution in [-0.2, 0) is 4.79 Å². The second kappa shape index (κ2) is 5.27. The Bertz CT molecular complexity index is 375. The van der Waals surface area contributed by atoms with Crippen molar-refractivity contribution in [3.63, 3.8) is 0 Å². The maximum Gasteiger partial charge on any atom is 0.239 e. The van der Waals surface area contributed by atoms with Gasteiger partial charge >= 0.3 is 0 Å². The summed E-state index contributed by atoms with van der Waals surface area (Å²) < 4.78 is 13.6. The molecule has 1 aromatic carbocycles. The van der Waals surface area contributed by atoms with Crippen molar-refractivity contribution in [2.45, 2.75) is 25.9 Å². The van der Waals surface area contributed by atoms with Gasteiger partial charge in [0.1, 0.15) is 11.9 Å². The van der Waals surface area contributed by atoms with Crippen molar-refractivity contribution >= 4 is 17.5 Å². The zero-order chi connectivity index (χ0) is 12.3. The molecule has 1 amide bonds. The van der Waals surface area contributed by atoms with Gasteiger partial charge in [0.05, 0.1) is 0 Å². The number of carbonyl (C=O) groups is 1. The average Bonchev–Trinajstić information content (AvgIpc) is 2.15. The first-order valence-corrected chi connectivity index (χ1v) is 5.30. The summed E-state index contributed by atoms with van der Waals surface area (Å²) in [5, 5.41) is 3.07. The van der Waals surface area contributed by atoms with Gasteiger partial charge in [-0.3, -0.25) is 10.1 Å². The minimum absolute atomic E-state index is 0.00632. The van der Waals surface area contributed by atoms with Crippen molar-refractivity contribution in [2.24, 2.45) is 5.73 Å². The molecule has 1 rings (SSSR count). The minimum Gasteiger partial charge on any atom is -0.368 e. The van der Waals surface area contributed by atoms with E-state index in [2.05, 4.69) is 5.32 Å². The Hall–Kier alpha value is -1.13. The van der Waals surface area contributed by atoms with Crippen molar-refractivity contribution in [3.8, 4) is 0 Å². The molecule has 88 valence electrons. The molecule has 1 unspecified atom stereocenters. The molecule has 16 heavy (non-hydrogen) atoms. The largest absolute Gasteiger partial charge is 0.368 e. The summed E-state index contributed by atoms with van der Waals surface area (Å²) in [6.07, 6.45) is 0. The Balaban J connectivity index is 3.15. The fraction of sp³-hybridized carbons (Fsp3) is 0.364. The molecule has 0 aliphatic rings. The van der Waals surface area contributed by atoms with Gasteiger partial charge in [-0.2, -0.15) is 0 Å². The molecular formula is C11H14ClFN2O. The zero-order valence-corrected chi connectivity index (χ0v) is 9.88. The van der Waals surface area contributed by atoms with Crippen molar-refractivity contribution in [2.75, 3.05) is 0 Å². The normalized spacial score (nSPS) is 12.8. The number of carbonyl (C=O) groups excluding carboxylic acids is 1. The number of rotatable bonds is 4. The molecule has 0 saturated carbocycles. The Kier molecular flexibility index (Phi) is 4.26. The number of nitrogens with two attached hydrogens (primary N) is 1. The summed E-state index contributed by atoms with van der Waals surface area (Å²) >= 11 is 5.86. The van der Waals surface area contributed by atoms with Crippen LogP contribution >= 0.6 is 11.6 Å². The van der Waals surface area contributed by atoms with Gasteiger partial charge in [-0.1, -0.05) is 17.7 Å². The number of amides is 1. The molecule has 0 aromatic heterocycles. The van der Waals surface area contributed by atoms with E-state index in [0.29, 0.717) is 0 Å². The van der Waals surface area contributed by atoms with E-state index in [4.69, 9.17) is 17.3 Å². The molecule has 3 N–H and O–H groups in total. The lowest BCUT2D eigenvalue weighted by Gasteiger charge is -2.20. The summed E-state index contributed by atoms with van der Waals surface area (Å²) in [5.41, 5.74) is 5.33. The van der Waals surface area contributed by atoms with Gasteiger partial charge in [0.15, 0.2) is 0 Å². The lowest BCUT2D eigenvalue weighted by molar-refractivity contribution is -0.120. The second-order valence-electron chi connectivity index (χ2n) is 3.79. The quantitative estimate of drug-likeness (QED) is 0.851. The monoisotopic (exact) mass is 244 g/mol. The third kappa shape index (κ3) is 2.93. The SMILES string of the molecule is CC(C)NC(C(N)=O)c1c(F)cccc1Cl. The van der Waals surface area contributed by atoms with Crippen LogP contribution in [0.4, 0.5) is 4.39 Å². The van der Waals surface area contributed by atoms with Crippen molar-refractivity contribution < 1.29 is 9.18 Å². The second-order valence-corrected chi connectivity index (χ2v) is 4.20. The van der Waals surface area contributed by atoms with Gasteiger partial charge in [0.25, 0.3) is 0 Å².